The van der Waals surface area contributed by atoms with Gasteiger partial charge in [0.25, 0.3) is 5.67 Å². The lowest BCUT2D eigenvalue weighted by Gasteiger charge is -2.35. The highest BCUT2D eigenvalue weighted by Crippen LogP contribution is 2.57. The molecule has 1 unspecified atom stereocenters. The molecule has 0 aliphatic rings. The summed E-state index contributed by atoms with van der Waals surface area (Å²) in [6, 6.07) is 9.70. The lowest BCUT2D eigenvalue weighted by molar-refractivity contribution is -0.314. The SMILES string of the molecule is COc1cc2nc(N)nc(-c3ccc(C(F)(F)C(F)(c4ccc(N)cc4)C(F)(F)F)cc3)c2cc1OC. The van der Waals surface area contributed by atoms with Gasteiger partial charge in [-0.1, -0.05) is 36.4 Å². The average molecular weight is 522 g/mol. The summed E-state index contributed by atoms with van der Waals surface area (Å²) < 4.78 is 98.1. The second-order valence-corrected chi connectivity index (χ2v) is 8.08. The first-order valence-electron chi connectivity index (χ1n) is 10.6. The summed E-state index contributed by atoms with van der Waals surface area (Å²) in [7, 11) is 2.83. The first kappa shape index (κ1) is 25.9. The van der Waals surface area contributed by atoms with Crippen molar-refractivity contribution < 1.29 is 35.8 Å². The van der Waals surface area contributed by atoms with Crippen molar-refractivity contribution in [1.29, 1.82) is 0 Å². The van der Waals surface area contributed by atoms with Crippen LogP contribution in [0.2, 0.25) is 0 Å². The van der Waals surface area contributed by atoms with Gasteiger partial charge < -0.3 is 20.9 Å². The summed E-state index contributed by atoms with van der Waals surface area (Å²) in [5.74, 6) is -4.47. The van der Waals surface area contributed by atoms with Crippen LogP contribution in [0.3, 0.4) is 0 Å². The Morgan fingerprint density at radius 3 is 1.78 bits per heavy atom. The number of halogens is 6. The minimum atomic E-state index is -5.95. The van der Waals surface area contributed by atoms with Crippen LogP contribution in [0.25, 0.3) is 22.2 Å². The third-order valence-electron chi connectivity index (χ3n) is 5.87. The van der Waals surface area contributed by atoms with E-state index in [-0.39, 0.29) is 22.9 Å². The van der Waals surface area contributed by atoms with Gasteiger partial charge in [0.2, 0.25) is 5.95 Å². The van der Waals surface area contributed by atoms with Crippen molar-refractivity contribution >= 4 is 22.5 Å². The predicted molar refractivity (Wildman–Crippen MR) is 126 cm³/mol. The Kier molecular flexibility index (Phi) is 6.30. The van der Waals surface area contributed by atoms with Crippen molar-refractivity contribution in [3.05, 3.63) is 71.8 Å². The maximum absolute atomic E-state index is 15.5. The number of fused-ring (bicyclic) bond motifs is 1. The molecule has 194 valence electrons. The third kappa shape index (κ3) is 4.21. The number of methoxy groups -OCH3 is 2. The average Bonchev–Trinajstić information content (AvgIpc) is 2.86. The molecular formula is C25H20F6N4O2. The summed E-state index contributed by atoms with van der Waals surface area (Å²) in [6.07, 6.45) is -5.95. The van der Waals surface area contributed by atoms with E-state index in [0.29, 0.717) is 46.7 Å². The molecule has 0 radical (unpaired) electrons. The summed E-state index contributed by atoms with van der Waals surface area (Å²) >= 11 is 0. The van der Waals surface area contributed by atoms with E-state index in [1.807, 2.05) is 0 Å². The van der Waals surface area contributed by atoms with E-state index in [9.17, 15) is 13.2 Å². The number of anilines is 2. The van der Waals surface area contributed by atoms with Crippen LogP contribution in [-0.2, 0) is 11.6 Å². The molecule has 0 saturated carbocycles. The molecule has 0 aliphatic heterocycles. The zero-order valence-electron chi connectivity index (χ0n) is 19.4. The van der Waals surface area contributed by atoms with Crippen LogP contribution < -0.4 is 20.9 Å². The molecule has 1 heterocycles. The molecule has 0 spiro atoms. The van der Waals surface area contributed by atoms with Gasteiger partial charge in [-0.3, -0.25) is 0 Å². The van der Waals surface area contributed by atoms with Crippen molar-refractivity contribution in [2.75, 3.05) is 25.7 Å². The van der Waals surface area contributed by atoms with E-state index in [2.05, 4.69) is 9.97 Å². The zero-order chi connectivity index (χ0) is 27.2. The summed E-state index contributed by atoms with van der Waals surface area (Å²) in [5, 5.41) is 0.406. The molecule has 6 nitrogen and oxygen atoms in total. The number of ether oxygens (including phenoxy) is 2. The standard InChI is InChI=1S/C25H20F6N4O2/c1-36-19-11-17-18(12-20(19)37-2)34-22(33)35-21(17)13-3-5-15(6-4-13)24(27,28)23(26,25(29,30)31)14-7-9-16(32)10-8-14/h3-12H,32H2,1-2H3,(H2,33,34,35). The fourth-order valence-corrected chi connectivity index (χ4v) is 3.97. The molecule has 0 aliphatic carbocycles. The maximum atomic E-state index is 15.5. The predicted octanol–water partition coefficient (Wildman–Crippen LogP) is 6.00. The summed E-state index contributed by atoms with van der Waals surface area (Å²) in [6.45, 7) is 0. The number of rotatable bonds is 6. The van der Waals surface area contributed by atoms with Gasteiger partial charge in [0, 0.05) is 33.8 Å². The van der Waals surface area contributed by atoms with Crippen LogP contribution >= 0.6 is 0 Å². The van der Waals surface area contributed by atoms with Gasteiger partial charge in [-0.2, -0.15) is 22.0 Å². The van der Waals surface area contributed by atoms with Crippen molar-refractivity contribution in [2.45, 2.75) is 17.8 Å². The van der Waals surface area contributed by atoms with Gasteiger partial charge in [0.1, 0.15) is 0 Å². The minimum absolute atomic E-state index is 0.00783. The van der Waals surface area contributed by atoms with Crippen molar-refractivity contribution in [2.24, 2.45) is 0 Å². The van der Waals surface area contributed by atoms with E-state index >= 15 is 13.2 Å². The highest BCUT2D eigenvalue weighted by atomic mass is 19.4. The molecule has 4 rings (SSSR count). The van der Waals surface area contributed by atoms with Gasteiger partial charge in [0.05, 0.1) is 25.4 Å². The lowest BCUT2D eigenvalue weighted by atomic mass is 9.84. The molecule has 0 amide bonds. The van der Waals surface area contributed by atoms with Crippen molar-refractivity contribution in [3.63, 3.8) is 0 Å². The highest BCUT2D eigenvalue weighted by molar-refractivity contribution is 5.95. The van der Waals surface area contributed by atoms with Gasteiger partial charge in [-0.15, -0.1) is 0 Å². The molecule has 0 fully saturated rings. The second-order valence-electron chi connectivity index (χ2n) is 8.08. The topological polar surface area (TPSA) is 96.3 Å². The zero-order valence-corrected chi connectivity index (χ0v) is 19.4. The van der Waals surface area contributed by atoms with Gasteiger partial charge in [0.15, 0.2) is 11.5 Å². The molecule has 0 bridgehead atoms. The Bertz CT molecular complexity index is 1440. The van der Waals surface area contributed by atoms with E-state index in [0.717, 1.165) is 24.3 Å². The van der Waals surface area contributed by atoms with Crippen LogP contribution in [0.5, 0.6) is 11.5 Å². The Hall–Kier alpha value is -4.22. The fourth-order valence-electron chi connectivity index (χ4n) is 3.97. The number of alkyl halides is 6. The van der Waals surface area contributed by atoms with Gasteiger partial charge in [-0.05, 0) is 18.2 Å². The van der Waals surface area contributed by atoms with Crippen LogP contribution in [0.15, 0.2) is 60.7 Å². The van der Waals surface area contributed by atoms with Gasteiger partial charge in [-0.25, -0.2) is 14.4 Å². The highest BCUT2D eigenvalue weighted by Gasteiger charge is 2.72. The Labute approximate surface area is 206 Å². The monoisotopic (exact) mass is 522 g/mol. The third-order valence-corrected chi connectivity index (χ3v) is 5.87. The Morgan fingerprint density at radius 2 is 1.24 bits per heavy atom. The largest absolute Gasteiger partial charge is 0.493 e. The number of hydrogen-bond acceptors (Lipinski definition) is 6. The number of nitrogens with zero attached hydrogens (tertiary/aromatic N) is 2. The molecule has 37 heavy (non-hydrogen) atoms. The molecule has 0 saturated heterocycles. The Balaban J connectivity index is 1.83. The van der Waals surface area contributed by atoms with E-state index in [4.69, 9.17) is 20.9 Å². The lowest BCUT2D eigenvalue weighted by Crippen LogP contribution is -2.51. The van der Waals surface area contributed by atoms with Crippen LogP contribution in [-0.4, -0.2) is 30.4 Å². The maximum Gasteiger partial charge on any atom is 0.433 e. The number of hydrogen-bond donors (Lipinski definition) is 2. The first-order valence-corrected chi connectivity index (χ1v) is 10.6. The van der Waals surface area contributed by atoms with E-state index < -0.39 is 28.9 Å². The Morgan fingerprint density at radius 1 is 0.703 bits per heavy atom. The quantitative estimate of drug-likeness (QED) is 0.238. The second kappa shape index (κ2) is 9.02. The summed E-state index contributed by atoms with van der Waals surface area (Å²) in [5.41, 5.74) is 4.49. The molecular weight excluding hydrogens is 502 g/mol. The van der Waals surface area contributed by atoms with E-state index in [1.54, 1.807) is 6.07 Å². The van der Waals surface area contributed by atoms with Gasteiger partial charge >= 0.3 is 12.1 Å². The normalized spacial score (nSPS) is 13.8. The molecule has 3 aromatic carbocycles. The van der Waals surface area contributed by atoms with Crippen molar-refractivity contribution in [1.82, 2.24) is 9.97 Å². The molecule has 1 atom stereocenters. The number of aromatic nitrogens is 2. The summed E-state index contributed by atoms with van der Waals surface area (Å²) in [4.78, 5) is 8.28. The molecule has 1 aromatic heterocycles. The molecule has 12 heteroatoms. The van der Waals surface area contributed by atoms with Crippen LogP contribution in [0.1, 0.15) is 11.1 Å². The first-order chi connectivity index (χ1) is 17.3. The molecule has 4 N–H and O–H groups in total. The van der Waals surface area contributed by atoms with Crippen LogP contribution in [0.4, 0.5) is 38.0 Å². The minimum Gasteiger partial charge on any atom is -0.493 e. The smallest absolute Gasteiger partial charge is 0.433 e. The molecule has 4 aromatic rings. The fraction of sp³-hybridized carbons (Fsp3) is 0.200. The van der Waals surface area contributed by atoms with Crippen LogP contribution in [0, 0.1) is 0 Å². The number of benzene rings is 3. The van der Waals surface area contributed by atoms with E-state index in [1.165, 1.54) is 20.3 Å². The number of nitrogens with two attached hydrogens (primary N) is 2. The number of nitrogen functional groups attached to an aromatic ring is 2. The van der Waals surface area contributed by atoms with Crippen molar-refractivity contribution in [3.8, 4) is 22.8 Å².